The summed E-state index contributed by atoms with van der Waals surface area (Å²) in [6, 6.07) is 85.8. The summed E-state index contributed by atoms with van der Waals surface area (Å²) in [5.41, 5.74) is 28.3. The molecule has 4 heteroatoms. The van der Waals surface area contributed by atoms with Gasteiger partial charge in [0.15, 0.2) is 0 Å². The van der Waals surface area contributed by atoms with E-state index in [4.69, 9.17) is 0 Å². The van der Waals surface area contributed by atoms with Crippen LogP contribution in [0, 0.1) is 0 Å². The molecule has 2 aliphatic heterocycles. The normalized spacial score (nSPS) is 14.3. The number of hydrogen-bond donors (Lipinski definition) is 0. The van der Waals surface area contributed by atoms with E-state index in [1.54, 1.807) is 0 Å². The quantitative estimate of drug-likeness (QED) is 0.159. The van der Waals surface area contributed by atoms with Crippen molar-refractivity contribution in [1.82, 2.24) is 0 Å². The lowest BCUT2D eigenvalue weighted by atomic mass is 9.33. The average molecular weight is 994 g/mol. The molecule has 0 radical (unpaired) electrons. The van der Waals surface area contributed by atoms with Crippen molar-refractivity contribution >= 4 is 74.3 Å². The van der Waals surface area contributed by atoms with E-state index in [-0.39, 0.29) is 23.0 Å². The van der Waals surface area contributed by atoms with Crippen LogP contribution in [-0.2, 0) is 21.7 Å². The molecule has 1 spiro atoms. The van der Waals surface area contributed by atoms with Gasteiger partial charge >= 0.3 is 0 Å². The maximum Gasteiger partial charge on any atom is 0.252 e. The number of anilines is 9. The second-order valence-corrected chi connectivity index (χ2v) is 25.0. The molecule has 3 nitrogen and oxygen atoms in total. The van der Waals surface area contributed by atoms with Gasteiger partial charge in [0, 0.05) is 45.5 Å². The summed E-state index contributed by atoms with van der Waals surface area (Å²) in [7, 11) is 0. The highest BCUT2D eigenvalue weighted by molar-refractivity contribution is 7.00. The molecule has 14 rings (SSSR count). The summed E-state index contributed by atoms with van der Waals surface area (Å²) in [4.78, 5) is 7.65. The van der Waals surface area contributed by atoms with Gasteiger partial charge in [-0.1, -0.05) is 214 Å². The summed E-state index contributed by atoms with van der Waals surface area (Å²) in [5, 5.41) is 0. The van der Waals surface area contributed by atoms with Crippen molar-refractivity contribution in [2.75, 3.05) is 14.7 Å². The minimum atomic E-state index is -0.438. The highest BCUT2D eigenvalue weighted by Crippen LogP contribution is 2.63. The number of rotatable bonds is 5. The van der Waals surface area contributed by atoms with Crippen LogP contribution < -0.4 is 31.1 Å². The van der Waals surface area contributed by atoms with Crippen LogP contribution in [0.5, 0.6) is 0 Å². The molecule has 0 unspecified atom stereocenters. The Balaban J connectivity index is 1.10. The molecule has 0 saturated heterocycles. The molecular weight excluding hydrogens is 930 g/mol. The first-order valence-corrected chi connectivity index (χ1v) is 27.6. The van der Waals surface area contributed by atoms with Gasteiger partial charge in [0.1, 0.15) is 0 Å². The van der Waals surface area contributed by atoms with Gasteiger partial charge in [-0.05, 0) is 167 Å². The summed E-state index contributed by atoms with van der Waals surface area (Å²) in [6.07, 6.45) is 0. The molecule has 0 saturated carbocycles. The van der Waals surface area contributed by atoms with Gasteiger partial charge in [-0.25, -0.2) is 0 Å². The molecule has 0 amide bonds. The molecule has 10 aromatic rings. The molecule has 77 heavy (non-hydrogen) atoms. The third-order valence-corrected chi connectivity index (χ3v) is 17.3. The molecule has 2 aliphatic carbocycles. The first-order valence-electron chi connectivity index (χ1n) is 27.6. The Kier molecular flexibility index (Phi) is 10.3. The van der Waals surface area contributed by atoms with E-state index in [0.29, 0.717) is 0 Å². The Morgan fingerprint density at radius 3 is 1.18 bits per heavy atom. The molecule has 4 aliphatic rings. The average Bonchev–Trinajstić information content (AvgIpc) is 4.15. The number of fused-ring (bicyclic) bond motifs is 14. The fraction of sp³-hybridized carbons (Fsp3) is 0.178. The fourth-order valence-electron chi connectivity index (χ4n) is 13.5. The minimum Gasteiger partial charge on any atom is -0.311 e. The van der Waals surface area contributed by atoms with E-state index in [0.717, 1.165) is 28.4 Å². The maximum atomic E-state index is 2.62. The lowest BCUT2D eigenvalue weighted by molar-refractivity contribution is 0.590. The lowest BCUT2D eigenvalue weighted by Gasteiger charge is -2.45. The molecule has 0 aromatic heterocycles. The van der Waals surface area contributed by atoms with Crippen molar-refractivity contribution in [3.63, 3.8) is 0 Å². The molecule has 0 N–H and O–H groups in total. The van der Waals surface area contributed by atoms with Crippen molar-refractivity contribution in [2.45, 2.75) is 84.0 Å². The van der Waals surface area contributed by atoms with Crippen molar-refractivity contribution in [3.8, 4) is 22.3 Å². The zero-order valence-electron chi connectivity index (χ0n) is 45.8. The SMILES string of the molecule is CC(C)(C)c1ccc(N2c3ccc(C(C)(C)C)cc3B3c4cc(C(C)(C)C)ccc4N(c4ccc5c(c4)-c4ccccc4C54c5ccccc5-c5ccccc54)c4cc(N(c5ccccc5)c5ccccc5)cc2c43)cc1. The number of para-hydroxylation sites is 2. The Bertz CT molecular complexity index is 3920. The largest absolute Gasteiger partial charge is 0.311 e. The third kappa shape index (κ3) is 7.03. The van der Waals surface area contributed by atoms with Crippen LogP contribution in [0.4, 0.5) is 51.2 Å². The van der Waals surface area contributed by atoms with Gasteiger partial charge in [-0.15, -0.1) is 0 Å². The highest BCUT2D eigenvalue weighted by atomic mass is 15.2. The monoisotopic (exact) mass is 994 g/mol. The van der Waals surface area contributed by atoms with Gasteiger partial charge in [-0.3, -0.25) is 0 Å². The standard InChI is InChI=1S/C73H64BN3/c1-70(2,3)47-32-36-52(37-33-47)76-65-40-34-48(71(4,5)6)42-63(65)74-64-43-49(72(7,8)9)35-41-66(64)77(68-46-54(45-67(76)69(68)74)75(50-22-12-10-13-23-50)51-24-14-11-15-25-51)53-38-39-62-58(44-53)57-28-18-21-31-61(57)73(62)59-29-19-16-26-55(59)56-27-17-20-30-60(56)73/h10-46H,1-9H3. The van der Waals surface area contributed by atoms with Crippen molar-refractivity contribution in [1.29, 1.82) is 0 Å². The van der Waals surface area contributed by atoms with Crippen molar-refractivity contribution in [3.05, 3.63) is 263 Å². The van der Waals surface area contributed by atoms with Crippen LogP contribution in [0.3, 0.4) is 0 Å². The minimum absolute atomic E-state index is 0.00547. The second-order valence-electron chi connectivity index (χ2n) is 25.0. The number of hydrogen-bond acceptors (Lipinski definition) is 3. The molecule has 0 bridgehead atoms. The Labute approximate surface area is 456 Å². The maximum absolute atomic E-state index is 2.62. The van der Waals surface area contributed by atoms with Crippen LogP contribution in [0.2, 0.25) is 0 Å². The number of benzene rings is 10. The summed E-state index contributed by atoms with van der Waals surface area (Å²) in [5.74, 6) is 0. The van der Waals surface area contributed by atoms with E-state index in [2.05, 4.69) is 301 Å². The van der Waals surface area contributed by atoms with Crippen LogP contribution in [0.25, 0.3) is 22.3 Å². The van der Waals surface area contributed by atoms with Gasteiger partial charge in [-0.2, -0.15) is 0 Å². The molecule has 2 heterocycles. The van der Waals surface area contributed by atoms with Gasteiger partial charge in [0.2, 0.25) is 0 Å². The first-order chi connectivity index (χ1) is 37.1. The van der Waals surface area contributed by atoms with Crippen LogP contribution in [0.15, 0.2) is 224 Å². The Morgan fingerprint density at radius 1 is 0.325 bits per heavy atom. The molecule has 0 atom stereocenters. The van der Waals surface area contributed by atoms with Crippen LogP contribution >= 0.6 is 0 Å². The van der Waals surface area contributed by atoms with Crippen LogP contribution in [0.1, 0.15) is 101 Å². The second kappa shape index (κ2) is 16.8. The number of nitrogens with zero attached hydrogens (tertiary/aromatic N) is 3. The van der Waals surface area contributed by atoms with E-state index in [1.165, 1.54) is 100 Å². The summed E-state index contributed by atoms with van der Waals surface area (Å²) in [6.45, 7) is 21.0. The Morgan fingerprint density at radius 2 is 0.714 bits per heavy atom. The first kappa shape index (κ1) is 47.1. The predicted molar refractivity (Wildman–Crippen MR) is 328 cm³/mol. The van der Waals surface area contributed by atoms with E-state index >= 15 is 0 Å². The molecule has 0 fully saturated rings. The zero-order chi connectivity index (χ0) is 52.8. The summed E-state index contributed by atoms with van der Waals surface area (Å²) >= 11 is 0. The van der Waals surface area contributed by atoms with E-state index < -0.39 is 5.41 Å². The van der Waals surface area contributed by atoms with Gasteiger partial charge < -0.3 is 14.7 Å². The summed E-state index contributed by atoms with van der Waals surface area (Å²) < 4.78 is 0. The zero-order valence-corrected chi connectivity index (χ0v) is 45.8. The third-order valence-electron chi connectivity index (χ3n) is 17.3. The van der Waals surface area contributed by atoms with Crippen molar-refractivity contribution < 1.29 is 0 Å². The fourth-order valence-corrected chi connectivity index (χ4v) is 13.5. The molecular formula is C73H64BN3. The van der Waals surface area contributed by atoms with Gasteiger partial charge in [0.05, 0.1) is 11.1 Å². The van der Waals surface area contributed by atoms with Crippen LogP contribution in [-0.4, -0.2) is 6.71 Å². The van der Waals surface area contributed by atoms with E-state index in [1.807, 2.05) is 0 Å². The predicted octanol–water partition coefficient (Wildman–Crippen LogP) is 17.5. The Hall–Kier alpha value is -8.34. The van der Waals surface area contributed by atoms with Gasteiger partial charge in [0.25, 0.3) is 6.71 Å². The highest BCUT2D eigenvalue weighted by Gasteiger charge is 2.52. The van der Waals surface area contributed by atoms with E-state index in [9.17, 15) is 0 Å². The smallest absolute Gasteiger partial charge is 0.252 e. The van der Waals surface area contributed by atoms with Crippen molar-refractivity contribution in [2.24, 2.45) is 0 Å². The topological polar surface area (TPSA) is 9.72 Å². The molecule has 374 valence electrons. The lowest BCUT2D eigenvalue weighted by Crippen LogP contribution is -2.61. The molecule has 10 aromatic carbocycles.